The van der Waals surface area contributed by atoms with E-state index in [1.54, 1.807) is 31.2 Å². The molecular formula is C23H24N4O2. The van der Waals surface area contributed by atoms with E-state index in [4.69, 9.17) is 0 Å². The molecule has 148 valence electrons. The number of aliphatic hydroxyl groups is 1. The number of fused-ring (bicyclic) bond motifs is 1. The number of nitriles is 1. The third-order valence-electron chi connectivity index (χ3n) is 5.92. The maximum atomic E-state index is 12.8. The fraction of sp³-hybridized carbons (Fsp3) is 0.348. The van der Waals surface area contributed by atoms with Crippen molar-refractivity contribution in [3.8, 4) is 6.07 Å². The summed E-state index contributed by atoms with van der Waals surface area (Å²) >= 11 is 0. The summed E-state index contributed by atoms with van der Waals surface area (Å²) in [5, 5.41) is 23.3. The quantitative estimate of drug-likeness (QED) is 0.690. The van der Waals surface area contributed by atoms with Crippen LogP contribution in [0.4, 0.5) is 5.95 Å². The molecule has 1 saturated carbocycles. The molecule has 1 aromatic heterocycles. The molecule has 4 rings (SSSR count). The summed E-state index contributed by atoms with van der Waals surface area (Å²) in [6.07, 6.45) is 2.93. The van der Waals surface area contributed by atoms with Crippen molar-refractivity contribution in [3.63, 3.8) is 0 Å². The number of imidazole rings is 1. The molecule has 1 heterocycles. The molecule has 2 aromatic carbocycles. The van der Waals surface area contributed by atoms with Gasteiger partial charge in [0.05, 0.1) is 28.6 Å². The molecule has 6 heteroatoms. The van der Waals surface area contributed by atoms with Crippen molar-refractivity contribution < 1.29 is 9.90 Å². The van der Waals surface area contributed by atoms with Gasteiger partial charge in [0, 0.05) is 5.54 Å². The SMILES string of the molecule is CC(O)(CC(=O)Nc1nc2cccc(C#N)c2n1C1(C)CCC1)c1ccccc1. The Hall–Kier alpha value is -3.17. The number of para-hydroxylation sites is 1. The topological polar surface area (TPSA) is 90.9 Å². The normalized spacial score (nSPS) is 17.2. The van der Waals surface area contributed by atoms with Crippen LogP contribution in [0.3, 0.4) is 0 Å². The van der Waals surface area contributed by atoms with Gasteiger partial charge >= 0.3 is 0 Å². The second-order valence-electron chi connectivity index (χ2n) is 8.27. The number of anilines is 1. The summed E-state index contributed by atoms with van der Waals surface area (Å²) in [5.74, 6) is 0.107. The van der Waals surface area contributed by atoms with Gasteiger partial charge in [-0.3, -0.25) is 10.1 Å². The molecular weight excluding hydrogens is 364 g/mol. The number of rotatable bonds is 5. The van der Waals surface area contributed by atoms with E-state index in [0.29, 0.717) is 22.6 Å². The zero-order chi connectivity index (χ0) is 20.6. The molecule has 1 aliphatic carbocycles. The van der Waals surface area contributed by atoms with Gasteiger partial charge < -0.3 is 9.67 Å². The van der Waals surface area contributed by atoms with Gasteiger partial charge in [-0.05, 0) is 50.8 Å². The molecule has 3 aromatic rings. The fourth-order valence-electron chi connectivity index (χ4n) is 4.12. The molecule has 0 saturated heterocycles. The van der Waals surface area contributed by atoms with Crippen molar-refractivity contribution in [1.82, 2.24) is 9.55 Å². The highest BCUT2D eigenvalue weighted by atomic mass is 16.3. The highest BCUT2D eigenvalue weighted by molar-refractivity contribution is 5.93. The molecule has 2 N–H and O–H groups in total. The fourth-order valence-corrected chi connectivity index (χ4v) is 4.12. The molecule has 0 radical (unpaired) electrons. The Morgan fingerprint density at radius 3 is 2.62 bits per heavy atom. The monoisotopic (exact) mass is 388 g/mol. The summed E-state index contributed by atoms with van der Waals surface area (Å²) in [4.78, 5) is 17.4. The first kappa shape index (κ1) is 19.2. The van der Waals surface area contributed by atoms with E-state index in [1.165, 1.54) is 0 Å². The van der Waals surface area contributed by atoms with Crippen LogP contribution in [0.2, 0.25) is 0 Å². The van der Waals surface area contributed by atoms with Gasteiger partial charge in [0.25, 0.3) is 0 Å². The Kier molecular flexibility index (Phi) is 4.64. The third kappa shape index (κ3) is 3.39. The van der Waals surface area contributed by atoms with Crippen LogP contribution in [0.5, 0.6) is 0 Å². The highest BCUT2D eigenvalue weighted by Gasteiger charge is 2.38. The first-order valence-corrected chi connectivity index (χ1v) is 9.84. The van der Waals surface area contributed by atoms with Crippen molar-refractivity contribution in [1.29, 1.82) is 5.26 Å². The number of amides is 1. The van der Waals surface area contributed by atoms with Crippen LogP contribution in [-0.2, 0) is 15.9 Å². The maximum Gasteiger partial charge on any atom is 0.229 e. The van der Waals surface area contributed by atoms with Crippen molar-refractivity contribution in [2.75, 3.05) is 5.32 Å². The first-order chi connectivity index (χ1) is 13.8. The largest absolute Gasteiger partial charge is 0.385 e. The number of hydrogen-bond acceptors (Lipinski definition) is 4. The van der Waals surface area contributed by atoms with Gasteiger partial charge in [0.15, 0.2) is 0 Å². The number of aromatic nitrogens is 2. The Balaban J connectivity index is 1.69. The van der Waals surface area contributed by atoms with Crippen molar-refractivity contribution in [2.45, 2.75) is 50.7 Å². The summed E-state index contributed by atoms with van der Waals surface area (Å²) in [5.41, 5.74) is 1.18. The van der Waals surface area contributed by atoms with E-state index in [2.05, 4.69) is 23.3 Å². The average molecular weight is 388 g/mol. The van der Waals surface area contributed by atoms with Crippen LogP contribution in [-0.4, -0.2) is 20.6 Å². The van der Waals surface area contributed by atoms with Gasteiger partial charge in [0.1, 0.15) is 6.07 Å². The molecule has 0 aliphatic heterocycles. The van der Waals surface area contributed by atoms with E-state index in [-0.39, 0.29) is 17.9 Å². The van der Waals surface area contributed by atoms with E-state index in [0.717, 1.165) is 24.8 Å². The predicted octanol–water partition coefficient (Wildman–Crippen LogP) is 4.04. The lowest BCUT2D eigenvalue weighted by Crippen LogP contribution is -2.39. The summed E-state index contributed by atoms with van der Waals surface area (Å²) in [6, 6.07) is 16.8. The van der Waals surface area contributed by atoms with Crippen LogP contribution in [0, 0.1) is 11.3 Å². The number of nitrogens with one attached hydrogen (secondary N) is 1. The average Bonchev–Trinajstić information content (AvgIpc) is 3.04. The molecule has 1 fully saturated rings. The van der Waals surface area contributed by atoms with Crippen molar-refractivity contribution in [2.24, 2.45) is 0 Å². The van der Waals surface area contributed by atoms with Crippen molar-refractivity contribution >= 4 is 22.9 Å². The summed E-state index contributed by atoms with van der Waals surface area (Å²) in [6.45, 7) is 3.76. The molecule has 1 unspecified atom stereocenters. The van der Waals surface area contributed by atoms with Gasteiger partial charge in [-0.2, -0.15) is 5.26 Å². The standard InChI is InChI=1S/C23H24N4O2/c1-22(12-7-13-22)27-20-16(15-24)8-6-11-18(20)25-21(27)26-19(28)14-23(2,29)17-9-4-3-5-10-17/h3-6,8-11,29H,7,12-14H2,1-2H3,(H,25,26,28). The van der Waals surface area contributed by atoms with Crippen LogP contribution in [0.15, 0.2) is 48.5 Å². The van der Waals surface area contributed by atoms with E-state index in [9.17, 15) is 15.2 Å². The minimum atomic E-state index is -1.29. The number of nitrogens with zero attached hydrogens (tertiary/aromatic N) is 3. The second-order valence-corrected chi connectivity index (χ2v) is 8.27. The highest BCUT2D eigenvalue weighted by Crippen LogP contribution is 2.43. The summed E-state index contributed by atoms with van der Waals surface area (Å²) < 4.78 is 2.00. The van der Waals surface area contributed by atoms with E-state index < -0.39 is 5.60 Å². The van der Waals surface area contributed by atoms with Gasteiger partial charge in [-0.15, -0.1) is 0 Å². The number of carbonyl (C=O) groups excluding carboxylic acids is 1. The molecule has 0 bridgehead atoms. The summed E-state index contributed by atoms with van der Waals surface area (Å²) in [7, 11) is 0. The van der Waals surface area contributed by atoms with Crippen LogP contribution in [0.25, 0.3) is 11.0 Å². The van der Waals surface area contributed by atoms with Crippen LogP contribution in [0.1, 0.15) is 50.7 Å². The zero-order valence-corrected chi connectivity index (χ0v) is 16.6. The molecule has 1 amide bonds. The second kappa shape index (κ2) is 7.02. The van der Waals surface area contributed by atoms with Crippen molar-refractivity contribution in [3.05, 3.63) is 59.7 Å². The van der Waals surface area contributed by atoms with Crippen LogP contribution < -0.4 is 5.32 Å². The molecule has 1 atom stereocenters. The lowest BCUT2D eigenvalue weighted by Gasteiger charge is -2.41. The smallest absolute Gasteiger partial charge is 0.229 e. The molecule has 6 nitrogen and oxygen atoms in total. The zero-order valence-electron chi connectivity index (χ0n) is 16.6. The third-order valence-corrected chi connectivity index (χ3v) is 5.92. The Morgan fingerprint density at radius 1 is 1.28 bits per heavy atom. The molecule has 29 heavy (non-hydrogen) atoms. The Labute approximate surface area is 169 Å². The minimum absolute atomic E-state index is 0.0952. The first-order valence-electron chi connectivity index (χ1n) is 9.84. The minimum Gasteiger partial charge on any atom is -0.385 e. The van der Waals surface area contributed by atoms with E-state index >= 15 is 0 Å². The van der Waals surface area contributed by atoms with Crippen LogP contribution >= 0.6 is 0 Å². The van der Waals surface area contributed by atoms with E-state index in [1.807, 2.05) is 28.8 Å². The molecule has 1 aliphatic rings. The van der Waals surface area contributed by atoms with Gasteiger partial charge in [0.2, 0.25) is 11.9 Å². The van der Waals surface area contributed by atoms with Gasteiger partial charge in [-0.25, -0.2) is 4.98 Å². The lowest BCUT2D eigenvalue weighted by atomic mass is 9.78. The molecule has 0 spiro atoms. The Morgan fingerprint density at radius 2 is 2.00 bits per heavy atom. The van der Waals surface area contributed by atoms with Gasteiger partial charge in [-0.1, -0.05) is 36.4 Å². The number of benzene rings is 2. The Bertz CT molecular complexity index is 1110. The predicted molar refractivity (Wildman–Crippen MR) is 111 cm³/mol. The maximum absolute atomic E-state index is 12.8. The number of hydrogen-bond donors (Lipinski definition) is 2. The number of carbonyl (C=O) groups is 1. The lowest BCUT2D eigenvalue weighted by molar-refractivity contribution is -0.120.